The van der Waals surface area contributed by atoms with Gasteiger partial charge in [0, 0.05) is 0 Å². The Morgan fingerprint density at radius 1 is 1.24 bits per heavy atom. The molecule has 1 fully saturated rings. The number of phenols is 1. The molecule has 5 N–H and O–H groups in total. The molecule has 1 amide bonds. The molecule has 2 rings (SSSR count). The summed E-state index contributed by atoms with van der Waals surface area (Å²) in [7, 11) is 0. The van der Waals surface area contributed by atoms with Crippen molar-refractivity contribution in [2.24, 2.45) is 0 Å². The van der Waals surface area contributed by atoms with Crippen molar-refractivity contribution in [1.29, 1.82) is 0 Å². The molecule has 1 aliphatic heterocycles. The first-order valence-corrected chi connectivity index (χ1v) is 10.1. The van der Waals surface area contributed by atoms with Crippen LogP contribution in [0.5, 0.6) is 5.75 Å². The summed E-state index contributed by atoms with van der Waals surface area (Å²) in [6.07, 6.45) is 4.22. The standard InChI is InChI=1S/C8H10AsNO5.C5H11N/c1-5(11)10-7-4-6(9(13,14)15)2-3-8(7)12;1-2-4-6-5-3-1/h2-4,12H,1H3,(H,10,11)(H2,13,14,15);6H,1-5H2. The summed E-state index contributed by atoms with van der Waals surface area (Å²) in [6, 6.07) is 3.32. The number of piperidine rings is 1. The van der Waals surface area contributed by atoms with Gasteiger partial charge in [-0.1, -0.05) is 6.42 Å². The summed E-state index contributed by atoms with van der Waals surface area (Å²) >= 11 is -4.98. The molecule has 8 heteroatoms. The predicted octanol–water partition coefficient (Wildman–Crippen LogP) is -0.328. The van der Waals surface area contributed by atoms with E-state index < -0.39 is 20.1 Å². The molecule has 1 aliphatic rings. The number of rotatable bonds is 2. The molecular formula is C13H21AsN2O5. The van der Waals surface area contributed by atoms with Crippen molar-refractivity contribution >= 4 is 30.1 Å². The van der Waals surface area contributed by atoms with Gasteiger partial charge in [0.15, 0.2) is 0 Å². The van der Waals surface area contributed by atoms with Crippen LogP contribution in [0.15, 0.2) is 18.2 Å². The third kappa shape index (κ3) is 6.82. The number of hydrogen-bond acceptors (Lipinski definition) is 4. The normalized spacial score (nSPS) is 14.8. The predicted molar refractivity (Wildman–Crippen MR) is 79.6 cm³/mol. The van der Waals surface area contributed by atoms with Gasteiger partial charge in [0.2, 0.25) is 0 Å². The summed E-state index contributed by atoms with van der Waals surface area (Å²) in [5.41, 5.74) is -0.00951. The zero-order valence-corrected chi connectivity index (χ0v) is 13.7. The van der Waals surface area contributed by atoms with Crippen LogP contribution in [0.4, 0.5) is 5.69 Å². The number of benzene rings is 1. The van der Waals surface area contributed by atoms with Gasteiger partial charge in [0.1, 0.15) is 0 Å². The Hall–Kier alpha value is -1.27. The maximum absolute atomic E-state index is 10.9. The van der Waals surface area contributed by atoms with E-state index in [1.54, 1.807) is 0 Å². The van der Waals surface area contributed by atoms with E-state index in [9.17, 15) is 13.6 Å². The summed E-state index contributed by atoms with van der Waals surface area (Å²) in [6.45, 7) is 3.73. The molecule has 1 heterocycles. The second-order valence-electron chi connectivity index (χ2n) is 4.74. The Morgan fingerprint density at radius 2 is 1.86 bits per heavy atom. The van der Waals surface area contributed by atoms with Crippen molar-refractivity contribution < 1.29 is 21.8 Å². The second kappa shape index (κ2) is 8.24. The molecule has 0 spiro atoms. The van der Waals surface area contributed by atoms with Gasteiger partial charge in [-0.05, 0) is 25.9 Å². The van der Waals surface area contributed by atoms with Crippen LogP contribution >= 0.6 is 0 Å². The maximum atomic E-state index is 10.9. The fraction of sp³-hybridized carbons (Fsp3) is 0.462. The SMILES string of the molecule is C1CCNCC1.CC(=O)Nc1cc([As](=O)(O)O)ccc1O. The van der Waals surface area contributed by atoms with E-state index in [1.165, 1.54) is 39.3 Å². The van der Waals surface area contributed by atoms with Crippen molar-refractivity contribution in [3.05, 3.63) is 18.2 Å². The molecule has 0 saturated carbocycles. The zero-order chi connectivity index (χ0) is 15.9. The van der Waals surface area contributed by atoms with Crippen LogP contribution in [0.2, 0.25) is 0 Å². The molecule has 0 atom stereocenters. The number of hydrogen-bond donors (Lipinski definition) is 5. The minimum absolute atomic E-state index is 0.00951. The van der Waals surface area contributed by atoms with E-state index in [0.29, 0.717) is 0 Å². The molecule has 0 radical (unpaired) electrons. The Morgan fingerprint density at radius 3 is 2.24 bits per heavy atom. The molecule has 0 aliphatic carbocycles. The van der Waals surface area contributed by atoms with Crippen molar-refractivity contribution in [3.63, 3.8) is 0 Å². The molecule has 21 heavy (non-hydrogen) atoms. The quantitative estimate of drug-likeness (QED) is 0.364. The van der Waals surface area contributed by atoms with Gasteiger partial charge in [-0.25, -0.2) is 0 Å². The molecule has 1 aromatic carbocycles. The molecule has 1 saturated heterocycles. The van der Waals surface area contributed by atoms with E-state index in [-0.39, 0.29) is 15.8 Å². The first-order chi connectivity index (χ1) is 9.80. The summed E-state index contributed by atoms with van der Waals surface area (Å²) in [5, 5.41) is 14.8. The van der Waals surface area contributed by atoms with Crippen LogP contribution in [-0.4, -0.2) is 46.5 Å². The van der Waals surface area contributed by atoms with Crippen molar-refractivity contribution in [3.8, 4) is 5.75 Å². The van der Waals surface area contributed by atoms with Crippen molar-refractivity contribution in [2.45, 2.75) is 26.2 Å². The van der Waals surface area contributed by atoms with Crippen LogP contribution < -0.4 is 15.0 Å². The van der Waals surface area contributed by atoms with E-state index in [4.69, 9.17) is 8.19 Å². The molecule has 7 nitrogen and oxygen atoms in total. The Kier molecular flexibility index (Phi) is 6.98. The van der Waals surface area contributed by atoms with E-state index in [0.717, 1.165) is 18.2 Å². The molecular weight excluding hydrogens is 339 g/mol. The molecule has 0 bridgehead atoms. The van der Waals surface area contributed by atoms with Crippen LogP contribution in [0.3, 0.4) is 0 Å². The first-order valence-electron chi connectivity index (χ1n) is 6.68. The van der Waals surface area contributed by atoms with Gasteiger partial charge in [-0.3, -0.25) is 0 Å². The number of carbonyl (C=O) groups excluding carboxylic acids is 1. The third-order valence-corrected chi connectivity index (χ3v) is 4.83. The number of anilines is 1. The summed E-state index contributed by atoms with van der Waals surface area (Å²) in [5.74, 6) is -0.668. The molecule has 0 aromatic heterocycles. The van der Waals surface area contributed by atoms with Crippen LogP contribution in [-0.2, 0) is 8.53 Å². The molecule has 1 aromatic rings. The van der Waals surface area contributed by atoms with E-state index in [2.05, 4.69) is 10.6 Å². The first kappa shape index (κ1) is 17.8. The second-order valence-corrected chi connectivity index (χ2v) is 8.10. The van der Waals surface area contributed by atoms with Gasteiger partial charge in [0.05, 0.1) is 0 Å². The minimum atomic E-state index is -4.98. The Labute approximate surface area is 126 Å². The van der Waals surface area contributed by atoms with Gasteiger partial charge >= 0.3 is 88.1 Å². The fourth-order valence-corrected chi connectivity index (χ4v) is 2.98. The molecule has 118 valence electrons. The average molecular weight is 360 g/mol. The van der Waals surface area contributed by atoms with E-state index in [1.807, 2.05) is 0 Å². The monoisotopic (exact) mass is 360 g/mol. The molecule has 0 unspecified atom stereocenters. The van der Waals surface area contributed by atoms with Gasteiger partial charge < -0.3 is 5.32 Å². The average Bonchev–Trinajstić information content (AvgIpc) is 2.42. The topological polar surface area (TPSA) is 119 Å². The van der Waals surface area contributed by atoms with E-state index >= 15 is 0 Å². The van der Waals surface area contributed by atoms with Crippen LogP contribution in [0, 0.1) is 0 Å². The van der Waals surface area contributed by atoms with Gasteiger partial charge in [0.25, 0.3) is 0 Å². The number of carbonyl (C=O) groups is 1. The number of amides is 1. The van der Waals surface area contributed by atoms with Crippen LogP contribution in [0.1, 0.15) is 26.2 Å². The number of phenolic OH excluding ortho intramolecular Hbond substituents is 1. The van der Waals surface area contributed by atoms with Gasteiger partial charge in [-0.15, -0.1) is 0 Å². The number of aromatic hydroxyl groups is 1. The van der Waals surface area contributed by atoms with Crippen molar-refractivity contribution in [2.75, 3.05) is 18.4 Å². The summed E-state index contributed by atoms with van der Waals surface area (Å²) < 4.78 is 28.6. The Balaban J connectivity index is 0.000000304. The third-order valence-electron chi connectivity index (χ3n) is 2.83. The zero-order valence-electron chi connectivity index (χ0n) is 11.9. The fourth-order valence-electron chi connectivity index (χ4n) is 1.80. The number of nitrogens with one attached hydrogen (secondary N) is 2. The summed E-state index contributed by atoms with van der Waals surface area (Å²) in [4.78, 5) is 10.7. The van der Waals surface area contributed by atoms with Crippen LogP contribution in [0.25, 0.3) is 0 Å². The van der Waals surface area contributed by atoms with Gasteiger partial charge in [-0.2, -0.15) is 0 Å². The Bertz CT molecular complexity index is 514. The van der Waals surface area contributed by atoms with Crippen molar-refractivity contribution in [1.82, 2.24) is 5.32 Å².